The van der Waals surface area contributed by atoms with Crippen LogP contribution in [0.4, 0.5) is 23.7 Å². The molecule has 0 bridgehead atoms. The molecule has 0 aliphatic carbocycles. The predicted octanol–water partition coefficient (Wildman–Crippen LogP) is 3.32. The minimum Gasteiger partial charge on any atom is -0.340 e. The average molecular weight is 384 g/mol. The third-order valence-corrected chi connectivity index (χ3v) is 4.08. The lowest BCUT2D eigenvalue weighted by Crippen LogP contribution is -2.40. The van der Waals surface area contributed by atoms with Crippen LogP contribution in [-0.2, 0) is 11.0 Å². The van der Waals surface area contributed by atoms with Crippen molar-refractivity contribution < 1.29 is 22.8 Å². The molecule has 0 radical (unpaired) electrons. The van der Waals surface area contributed by atoms with Gasteiger partial charge in [-0.25, -0.2) is 4.79 Å². The Kier molecular flexibility index (Phi) is 5.82. The van der Waals surface area contributed by atoms with Crippen molar-refractivity contribution in [3.63, 3.8) is 0 Å². The van der Waals surface area contributed by atoms with Crippen LogP contribution in [0.3, 0.4) is 0 Å². The number of carbonyl (C=O) groups excluding carboxylic acids is 2. The van der Waals surface area contributed by atoms with Gasteiger partial charge in [-0.1, -0.05) is 11.6 Å². The van der Waals surface area contributed by atoms with Gasteiger partial charge in [-0.05, 0) is 24.6 Å². The normalized spacial score (nSPS) is 17.7. The first-order valence-electron chi connectivity index (χ1n) is 6.98. The van der Waals surface area contributed by atoms with Crippen molar-refractivity contribution in [1.82, 2.24) is 10.2 Å². The highest BCUT2D eigenvalue weighted by Crippen LogP contribution is 2.36. The van der Waals surface area contributed by atoms with Gasteiger partial charge >= 0.3 is 12.2 Å². The molecule has 1 atom stereocenters. The number of halogens is 5. The van der Waals surface area contributed by atoms with Gasteiger partial charge in [0.1, 0.15) is 5.88 Å². The Hall–Kier alpha value is -1.67. The summed E-state index contributed by atoms with van der Waals surface area (Å²) >= 11 is 11.0. The van der Waals surface area contributed by atoms with Gasteiger partial charge in [0.15, 0.2) is 0 Å². The summed E-state index contributed by atoms with van der Waals surface area (Å²) in [5, 5.41) is 4.49. The SMILES string of the molecule is O=C(Nc1ccc(Cl)c(C(F)(F)F)c1)N[C@H]1CCN(C(=O)CCl)C1. The number of likely N-dealkylation sites (tertiary alicyclic amines) is 1. The van der Waals surface area contributed by atoms with Crippen molar-refractivity contribution in [1.29, 1.82) is 0 Å². The van der Waals surface area contributed by atoms with Gasteiger partial charge in [0.2, 0.25) is 5.91 Å². The number of rotatable bonds is 3. The zero-order valence-electron chi connectivity index (χ0n) is 12.3. The molecule has 1 aliphatic rings. The fraction of sp³-hybridized carbons (Fsp3) is 0.429. The topological polar surface area (TPSA) is 61.4 Å². The molecule has 132 valence electrons. The average Bonchev–Trinajstić information content (AvgIpc) is 2.95. The summed E-state index contributed by atoms with van der Waals surface area (Å²) in [7, 11) is 0. The molecule has 10 heteroatoms. The number of urea groups is 1. The smallest absolute Gasteiger partial charge is 0.340 e. The van der Waals surface area contributed by atoms with E-state index >= 15 is 0 Å². The molecule has 2 rings (SSSR count). The number of benzene rings is 1. The Balaban J connectivity index is 1.95. The van der Waals surface area contributed by atoms with Gasteiger partial charge in [-0.15, -0.1) is 11.6 Å². The second-order valence-electron chi connectivity index (χ2n) is 5.25. The zero-order valence-corrected chi connectivity index (χ0v) is 13.8. The van der Waals surface area contributed by atoms with Gasteiger partial charge in [0, 0.05) is 24.8 Å². The molecule has 0 aromatic heterocycles. The molecule has 0 spiro atoms. The number of alkyl halides is 4. The fourth-order valence-corrected chi connectivity index (χ4v) is 2.76. The molecule has 1 fully saturated rings. The van der Waals surface area contributed by atoms with Crippen LogP contribution >= 0.6 is 23.2 Å². The largest absolute Gasteiger partial charge is 0.417 e. The van der Waals surface area contributed by atoms with Crippen molar-refractivity contribution in [3.8, 4) is 0 Å². The van der Waals surface area contributed by atoms with Gasteiger partial charge in [0.05, 0.1) is 10.6 Å². The van der Waals surface area contributed by atoms with E-state index in [1.807, 2.05) is 0 Å². The maximum atomic E-state index is 12.8. The van der Waals surface area contributed by atoms with E-state index in [0.29, 0.717) is 19.5 Å². The van der Waals surface area contributed by atoms with Crippen LogP contribution in [0.15, 0.2) is 18.2 Å². The Morgan fingerprint density at radius 1 is 1.33 bits per heavy atom. The summed E-state index contributed by atoms with van der Waals surface area (Å²) in [6.45, 7) is 0.781. The van der Waals surface area contributed by atoms with Gasteiger partial charge < -0.3 is 15.5 Å². The Morgan fingerprint density at radius 2 is 2.04 bits per heavy atom. The van der Waals surface area contributed by atoms with E-state index in [0.717, 1.165) is 12.1 Å². The number of nitrogens with zero attached hydrogens (tertiary/aromatic N) is 1. The van der Waals surface area contributed by atoms with Crippen LogP contribution in [0.2, 0.25) is 5.02 Å². The monoisotopic (exact) mass is 383 g/mol. The second-order valence-corrected chi connectivity index (χ2v) is 5.92. The second kappa shape index (κ2) is 7.48. The predicted molar refractivity (Wildman–Crippen MR) is 84.3 cm³/mol. The van der Waals surface area contributed by atoms with Crippen LogP contribution in [0.25, 0.3) is 0 Å². The summed E-state index contributed by atoms with van der Waals surface area (Å²) in [6, 6.07) is 2.16. The van der Waals surface area contributed by atoms with Crippen molar-refractivity contribution in [2.45, 2.75) is 18.6 Å². The van der Waals surface area contributed by atoms with Crippen LogP contribution in [0, 0.1) is 0 Å². The van der Waals surface area contributed by atoms with Crippen LogP contribution < -0.4 is 10.6 Å². The highest BCUT2D eigenvalue weighted by atomic mass is 35.5. The highest BCUT2D eigenvalue weighted by Gasteiger charge is 2.33. The third-order valence-electron chi connectivity index (χ3n) is 3.52. The minimum absolute atomic E-state index is 0.0316. The number of carbonyl (C=O) groups is 2. The molecule has 1 saturated heterocycles. The molecule has 2 N–H and O–H groups in total. The number of nitrogens with one attached hydrogen (secondary N) is 2. The van der Waals surface area contributed by atoms with Crippen LogP contribution in [-0.4, -0.2) is 41.8 Å². The van der Waals surface area contributed by atoms with Gasteiger partial charge in [-0.2, -0.15) is 13.2 Å². The van der Waals surface area contributed by atoms with E-state index in [1.165, 1.54) is 11.0 Å². The molecule has 1 aliphatic heterocycles. The van der Waals surface area contributed by atoms with Crippen molar-refractivity contribution >= 4 is 40.8 Å². The Morgan fingerprint density at radius 3 is 2.67 bits per heavy atom. The van der Waals surface area contributed by atoms with Crippen LogP contribution in [0.1, 0.15) is 12.0 Å². The summed E-state index contributed by atoms with van der Waals surface area (Å²) in [6.07, 6.45) is -4.07. The summed E-state index contributed by atoms with van der Waals surface area (Å²) in [5.41, 5.74) is -1.06. The maximum absolute atomic E-state index is 12.8. The van der Waals surface area contributed by atoms with E-state index in [1.54, 1.807) is 0 Å². The van der Waals surface area contributed by atoms with E-state index in [4.69, 9.17) is 23.2 Å². The van der Waals surface area contributed by atoms with Crippen molar-refractivity contribution in [3.05, 3.63) is 28.8 Å². The first-order valence-corrected chi connectivity index (χ1v) is 7.90. The van der Waals surface area contributed by atoms with Gasteiger partial charge in [0.25, 0.3) is 0 Å². The lowest BCUT2D eigenvalue weighted by Gasteiger charge is -2.17. The fourth-order valence-electron chi connectivity index (χ4n) is 2.36. The molecule has 1 heterocycles. The molecule has 0 unspecified atom stereocenters. The first-order chi connectivity index (χ1) is 11.2. The Bertz CT molecular complexity index is 640. The zero-order chi connectivity index (χ0) is 17.9. The van der Waals surface area contributed by atoms with Crippen molar-refractivity contribution in [2.24, 2.45) is 0 Å². The molecular weight excluding hydrogens is 370 g/mol. The lowest BCUT2D eigenvalue weighted by atomic mass is 10.2. The standard InChI is InChI=1S/C14H14Cl2F3N3O2/c15-6-12(23)22-4-3-9(7-22)21-13(24)20-8-1-2-11(16)10(5-8)14(17,18)19/h1-2,5,9H,3-4,6-7H2,(H2,20,21,24)/t9-/m0/s1. The third kappa shape index (κ3) is 4.67. The maximum Gasteiger partial charge on any atom is 0.417 e. The highest BCUT2D eigenvalue weighted by molar-refractivity contribution is 6.31. The number of amides is 3. The van der Waals surface area contributed by atoms with E-state index in [9.17, 15) is 22.8 Å². The first kappa shape index (κ1) is 18.7. The number of hydrogen-bond acceptors (Lipinski definition) is 2. The quantitative estimate of drug-likeness (QED) is 0.786. The van der Waals surface area contributed by atoms with Crippen molar-refractivity contribution in [2.75, 3.05) is 24.3 Å². The summed E-state index contributed by atoms with van der Waals surface area (Å²) < 4.78 is 38.4. The Labute approximate surface area is 146 Å². The van der Waals surface area contributed by atoms with E-state index < -0.39 is 22.8 Å². The van der Waals surface area contributed by atoms with E-state index in [2.05, 4.69) is 10.6 Å². The lowest BCUT2D eigenvalue weighted by molar-refractivity contribution is -0.137. The summed E-state index contributed by atoms with van der Waals surface area (Å²) in [4.78, 5) is 24.9. The number of hydrogen-bond donors (Lipinski definition) is 2. The van der Waals surface area contributed by atoms with Crippen LogP contribution in [0.5, 0.6) is 0 Å². The summed E-state index contributed by atoms with van der Waals surface area (Å²) in [5.74, 6) is -0.363. The number of anilines is 1. The molecule has 5 nitrogen and oxygen atoms in total. The van der Waals surface area contributed by atoms with E-state index in [-0.39, 0.29) is 23.5 Å². The molecule has 1 aromatic carbocycles. The minimum atomic E-state index is -4.61. The molecule has 3 amide bonds. The molecule has 0 saturated carbocycles. The molecular formula is C14H14Cl2F3N3O2. The molecule has 24 heavy (non-hydrogen) atoms. The van der Waals surface area contributed by atoms with Gasteiger partial charge in [-0.3, -0.25) is 4.79 Å². The molecule has 1 aromatic rings.